The van der Waals surface area contributed by atoms with E-state index in [0.29, 0.717) is 10.9 Å². The molecule has 0 saturated carbocycles. The standard InChI is InChI=1S/C10H17NO3/c1-5-8(12)6-7-9(10(13)14)11(2,3)4/h5,9H,1,6-7H2,2-4H3/p+1. The molecule has 0 amide bonds. The number of hydrogen-bond acceptors (Lipinski definition) is 2. The normalized spacial score (nSPS) is 13.4. The van der Waals surface area contributed by atoms with Gasteiger partial charge in [-0.05, 0) is 6.08 Å². The van der Waals surface area contributed by atoms with E-state index >= 15 is 0 Å². The van der Waals surface area contributed by atoms with E-state index in [4.69, 9.17) is 5.11 Å². The highest BCUT2D eigenvalue weighted by Crippen LogP contribution is 2.10. The van der Waals surface area contributed by atoms with Crippen LogP contribution < -0.4 is 0 Å². The van der Waals surface area contributed by atoms with Crippen molar-refractivity contribution in [2.45, 2.75) is 18.9 Å². The van der Waals surface area contributed by atoms with E-state index < -0.39 is 12.0 Å². The van der Waals surface area contributed by atoms with Crippen molar-refractivity contribution in [1.82, 2.24) is 0 Å². The minimum atomic E-state index is -0.866. The zero-order valence-corrected chi connectivity index (χ0v) is 8.99. The van der Waals surface area contributed by atoms with Gasteiger partial charge in [0.05, 0.1) is 21.1 Å². The van der Waals surface area contributed by atoms with Gasteiger partial charge in [-0.2, -0.15) is 0 Å². The number of rotatable bonds is 6. The molecule has 0 saturated heterocycles. The van der Waals surface area contributed by atoms with Gasteiger partial charge in [0.2, 0.25) is 0 Å². The average molecular weight is 200 g/mol. The first-order valence-corrected chi connectivity index (χ1v) is 4.48. The molecule has 0 fully saturated rings. The Balaban J connectivity index is 4.33. The molecule has 14 heavy (non-hydrogen) atoms. The number of aliphatic carboxylic acids is 1. The lowest BCUT2D eigenvalue weighted by molar-refractivity contribution is -0.887. The van der Waals surface area contributed by atoms with E-state index in [1.165, 1.54) is 6.08 Å². The number of hydrogen-bond donors (Lipinski definition) is 1. The maximum absolute atomic E-state index is 10.9. The zero-order valence-electron chi connectivity index (χ0n) is 8.99. The summed E-state index contributed by atoms with van der Waals surface area (Å²) in [5, 5.41) is 8.94. The minimum Gasteiger partial charge on any atom is -0.477 e. The van der Waals surface area contributed by atoms with Crippen molar-refractivity contribution in [3.05, 3.63) is 12.7 Å². The molecular weight excluding hydrogens is 182 g/mol. The number of quaternary nitrogens is 1. The number of nitrogens with zero attached hydrogens (tertiary/aromatic N) is 1. The summed E-state index contributed by atoms with van der Waals surface area (Å²) >= 11 is 0. The first-order chi connectivity index (χ1) is 6.29. The van der Waals surface area contributed by atoms with Gasteiger partial charge in [0.1, 0.15) is 0 Å². The van der Waals surface area contributed by atoms with Gasteiger partial charge >= 0.3 is 5.97 Å². The second kappa shape index (κ2) is 4.91. The van der Waals surface area contributed by atoms with Crippen LogP contribution in [0.2, 0.25) is 0 Å². The summed E-state index contributed by atoms with van der Waals surface area (Å²) in [5.41, 5.74) is 0. The molecule has 80 valence electrons. The smallest absolute Gasteiger partial charge is 0.362 e. The minimum absolute atomic E-state index is 0.107. The Kier molecular flexibility index (Phi) is 4.50. The van der Waals surface area contributed by atoms with E-state index in [0.717, 1.165) is 0 Å². The lowest BCUT2D eigenvalue weighted by atomic mass is 10.1. The average Bonchev–Trinajstić information content (AvgIpc) is 2.01. The van der Waals surface area contributed by atoms with Crippen molar-refractivity contribution in [2.75, 3.05) is 21.1 Å². The second-order valence-corrected chi connectivity index (χ2v) is 4.18. The Hall–Kier alpha value is -1.16. The van der Waals surface area contributed by atoms with Crippen LogP contribution in [-0.4, -0.2) is 48.5 Å². The van der Waals surface area contributed by atoms with Gasteiger partial charge in [0.15, 0.2) is 11.8 Å². The first kappa shape index (κ1) is 12.8. The molecule has 0 aliphatic heterocycles. The number of likely N-dealkylation sites (N-methyl/N-ethyl adjacent to an activating group) is 1. The molecule has 0 spiro atoms. The van der Waals surface area contributed by atoms with Crippen LogP contribution in [0.15, 0.2) is 12.7 Å². The van der Waals surface area contributed by atoms with E-state index in [1.54, 1.807) is 21.1 Å². The summed E-state index contributed by atoms with van der Waals surface area (Å²) < 4.78 is 0.319. The Morgan fingerprint density at radius 2 is 1.93 bits per heavy atom. The molecule has 0 aromatic carbocycles. The highest BCUT2D eigenvalue weighted by molar-refractivity contribution is 5.89. The van der Waals surface area contributed by atoms with Gasteiger partial charge in [-0.25, -0.2) is 4.79 Å². The van der Waals surface area contributed by atoms with Crippen molar-refractivity contribution in [1.29, 1.82) is 0 Å². The quantitative estimate of drug-likeness (QED) is 0.506. The highest BCUT2D eigenvalue weighted by atomic mass is 16.4. The molecule has 0 bridgehead atoms. The largest absolute Gasteiger partial charge is 0.477 e. The molecule has 1 unspecified atom stereocenters. The first-order valence-electron chi connectivity index (χ1n) is 4.48. The number of carboxylic acids is 1. The third kappa shape index (κ3) is 4.18. The maximum atomic E-state index is 10.9. The van der Waals surface area contributed by atoms with E-state index in [2.05, 4.69) is 6.58 Å². The fourth-order valence-electron chi connectivity index (χ4n) is 1.22. The third-order valence-electron chi connectivity index (χ3n) is 2.11. The molecule has 0 aromatic rings. The fourth-order valence-corrected chi connectivity index (χ4v) is 1.22. The van der Waals surface area contributed by atoms with Crippen molar-refractivity contribution in [3.63, 3.8) is 0 Å². The molecule has 4 nitrogen and oxygen atoms in total. The van der Waals surface area contributed by atoms with Crippen molar-refractivity contribution < 1.29 is 19.2 Å². The van der Waals surface area contributed by atoms with E-state index in [9.17, 15) is 9.59 Å². The topological polar surface area (TPSA) is 54.4 Å². The maximum Gasteiger partial charge on any atom is 0.362 e. The summed E-state index contributed by atoms with van der Waals surface area (Å²) in [4.78, 5) is 21.8. The highest BCUT2D eigenvalue weighted by Gasteiger charge is 2.31. The van der Waals surface area contributed by atoms with Crippen LogP contribution >= 0.6 is 0 Å². The summed E-state index contributed by atoms with van der Waals surface area (Å²) in [6, 6.07) is -0.543. The molecule has 0 aromatic heterocycles. The molecule has 0 aliphatic carbocycles. The Morgan fingerprint density at radius 1 is 1.43 bits per heavy atom. The van der Waals surface area contributed by atoms with Gasteiger partial charge < -0.3 is 9.59 Å². The molecule has 0 rings (SSSR count). The summed E-state index contributed by atoms with van der Waals surface area (Å²) in [7, 11) is 5.41. The van der Waals surface area contributed by atoms with Crippen LogP contribution in [0, 0.1) is 0 Å². The van der Waals surface area contributed by atoms with Gasteiger partial charge in [-0.15, -0.1) is 0 Å². The van der Waals surface area contributed by atoms with Crippen molar-refractivity contribution in [3.8, 4) is 0 Å². The summed E-state index contributed by atoms with van der Waals surface area (Å²) in [6.45, 7) is 3.34. The van der Waals surface area contributed by atoms with Gasteiger partial charge in [-0.3, -0.25) is 4.79 Å². The Bertz CT molecular complexity index is 240. The van der Waals surface area contributed by atoms with Gasteiger partial charge in [0.25, 0.3) is 0 Å². The molecule has 4 heteroatoms. The number of carboxylic acid groups (broad SMARTS) is 1. The number of carbonyl (C=O) groups is 2. The number of allylic oxidation sites excluding steroid dienone is 1. The Labute approximate surface area is 84.4 Å². The summed E-state index contributed by atoms with van der Waals surface area (Å²) in [5.74, 6) is -0.973. The van der Waals surface area contributed by atoms with Gasteiger partial charge in [0, 0.05) is 12.8 Å². The molecule has 0 aliphatic rings. The monoisotopic (exact) mass is 200 g/mol. The summed E-state index contributed by atoms with van der Waals surface area (Å²) in [6.07, 6.45) is 1.83. The SMILES string of the molecule is C=CC(=O)CCC(C(=O)O)[N+](C)(C)C. The lowest BCUT2D eigenvalue weighted by Gasteiger charge is -2.30. The van der Waals surface area contributed by atoms with Gasteiger partial charge in [-0.1, -0.05) is 6.58 Å². The second-order valence-electron chi connectivity index (χ2n) is 4.18. The fraction of sp³-hybridized carbons (Fsp3) is 0.600. The van der Waals surface area contributed by atoms with Crippen LogP contribution in [0.1, 0.15) is 12.8 Å². The van der Waals surface area contributed by atoms with Crippen LogP contribution in [0.3, 0.4) is 0 Å². The molecule has 0 radical (unpaired) electrons. The molecule has 1 N–H and O–H groups in total. The van der Waals surface area contributed by atoms with Crippen molar-refractivity contribution in [2.24, 2.45) is 0 Å². The van der Waals surface area contributed by atoms with Crippen LogP contribution in [0.5, 0.6) is 0 Å². The Morgan fingerprint density at radius 3 is 2.21 bits per heavy atom. The predicted octanol–water partition coefficient (Wildman–Crippen LogP) is 0.681. The molecular formula is C10H18NO3+. The zero-order chi connectivity index (χ0) is 11.4. The van der Waals surface area contributed by atoms with Crippen LogP contribution in [0.25, 0.3) is 0 Å². The van der Waals surface area contributed by atoms with E-state index in [-0.39, 0.29) is 12.2 Å². The van der Waals surface area contributed by atoms with Crippen LogP contribution in [-0.2, 0) is 9.59 Å². The van der Waals surface area contributed by atoms with Crippen molar-refractivity contribution >= 4 is 11.8 Å². The predicted molar refractivity (Wildman–Crippen MR) is 53.9 cm³/mol. The molecule has 1 atom stereocenters. The molecule has 0 heterocycles. The third-order valence-corrected chi connectivity index (χ3v) is 2.11. The van der Waals surface area contributed by atoms with E-state index in [1.807, 2.05) is 0 Å². The lowest BCUT2D eigenvalue weighted by Crippen LogP contribution is -2.49. The van der Waals surface area contributed by atoms with Crippen LogP contribution in [0.4, 0.5) is 0 Å². The number of ketones is 1. The number of carbonyl (C=O) groups excluding carboxylic acids is 1.